The van der Waals surface area contributed by atoms with E-state index >= 15 is 0 Å². The molecule has 1 fully saturated rings. The number of carbonyl (C=O) groups is 1. The Morgan fingerprint density at radius 2 is 1.87 bits per heavy atom. The van der Waals surface area contributed by atoms with Crippen molar-refractivity contribution in [2.24, 2.45) is 0 Å². The van der Waals surface area contributed by atoms with Crippen LogP contribution in [0.3, 0.4) is 0 Å². The molecule has 9 heteroatoms. The van der Waals surface area contributed by atoms with Gasteiger partial charge in [-0.15, -0.1) is 0 Å². The fraction of sp³-hybridized carbons (Fsp3) is 0.552. The van der Waals surface area contributed by atoms with Gasteiger partial charge in [0.05, 0.1) is 25.1 Å². The Labute approximate surface area is 226 Å². The zero-order chi connectivity index (χ0) is 27.4. The van der Waals surface area contributed by atoms with Crippen LogP contribution in [0.4, 0.5) is 10.6 Å². The number of fused-ring (bicyclic) bond motifs is 1. The second-order valence-corrected chi connectivity index (χ2v) is 11.4. The Morgan fingerprint density at radius 3 is 2.55 bits per heavy atom. The molecule has 38 heavy (non-hydrogen) atoms. The van der Waals surface area contributed by atoms with Crippen molar-refractivity contribution in [3.05, 3.63) is 47.7 Å². The van der Waals surface area contributed by atoms with E-state index in [4.69, 9.17) is 19.6 Å². The number of hydrogen-bond donors (Lipinski definition) is 0. The zero-order valence-corrected chi connectivity index (χ0v) is 23.9. The number of benzene rings is 1. The van der Waals surface area contributed by atoms with Gasteiger partial charge in [-0.3, -0.25) is 0 Å². The molecule has 3 aromatic rings. The van der Waals surface area contributed by atoms with Crippen LogP contribution in [0, 0.1) is 0 Å². The number of rotatable bonds is 8. The lowest BCUT2D eigenvalue weighted by molar-refractivity contribution is 0.0286. The van der Waals surface area contributed by atoms with Crippen molar-refractivity contribution >= 4 is 17.6 Å². The van der Waals surface area contributed by atoms with Gasteiger partial charge in [0, 0.05) is 57.0 Å². The van der Waals surface area contributed by atoms with Crippen LogP contribution in [-0.4, -0.2) is 89.6 Å². The van der Waals surface area contributed by atoms with Crippen LogP contribution >= 0.6 is 0 Å². The lowest BCUT2D eigenvalue weighted by Gasteiger charge is -2.29. The van der Waals surface area contributed by atoms with Crippen molar-refractivity contribution < 1.29 is 14.3 Å². The van der Waals surface area contributed by atoms with Gasteiger partial charge in [0.2, 0.25) is 0 Å². The highest BCUT2D eigenvalue weighted by Crippen LogP contribution is 2.29. The molecule has 0 saturated carbocycles. The fourth-order valence-electron chi connectivity index (χ4n) is 4.51. The maximum Gasteiger partial charge on any atom is 0.410 e. The van der Waals surface area contributed by atoms with E-state index in [1.54, 1.807) is 11.9 Å². The van der Waals surface area contributed by atoms with Gasteiger partial charge in [-0.1, -0.05) is 32.0 Å². The summed E-state index contributed by atoms with van der Waals surface area (Å²) in [7, 11) is 3.84. The summed E-state index contributed by atoms with van der Waals surface area (Å²) in [5, 5.41) is 4.70. The second kappa shape index (κ2) is 11.7. The van der Waals surface area contributed by atoms with Gasteiger partial charge >= 0.3 is 6.09 Å². The molecule has 0 atom stereocenters. The lowest BCUT2D eigenvalue weighted by Crippen LogP contribution is -2.38. The van der Waals surface area contributed by atoms with Crippen LogP contribution in [0.5, 0.6) is 0 Å². The summed E-state index contributed by atoms with van der Waals surface area (Å²) >= 11 is 0. The lowest BCUT2D eigenvalue weighted by atomic mass is 10.1. The number of likely N-dealkylation sites (N-methyl/N-ethyl adjacent to an activating group) is 2. The number of carbonyl (C=O) groups excluding carboxylic acids is 1. The maximum absolute atomic E-state index is 12.3. The van der Waals surface area contributed by atoms with E-state index in [0.29, 0.717) is 25.7 Å². The predicted molar refractivity (Wildman–Crippen MR) is 151 cm³/mol. The highest BCUT2D eigenvalue weighted by Gasteiger charge is 2.21. The van der Waals surface area contributed by atoms with Crippen molar-refractivity contribution in [3.63, 3.8) is 0 Å². The SMILES string of the molecule is CC(C)c1cnn2c(N3CCOCC3)cc(-c3cccc(CN(C)CCN(C)C(=O)OC(C)(C)C)c3)nc12. The number of hydrogen-bond acceptors (Lipinski definition) is 7. The van der Waals surface area contributed by atoms with Crippen molar-refractivity contribution in [1.82, 2.24) is 24.4 Å². The first-order valence-electron chi connectivity index (χ1n) is 13.4. The minimum atomic E-state index is -0.497. The summed E-state index contributed by atoms with van der Waals surface area (Å²) in [5.74, 6) is 1.37. The van der Waals surface area contributed by atoms with Crippen LogP contribution < -0.4 is 4.90 Å². The highest BCUT2D eigenvalue weighted by molar-refractivity contribution is 5.69. The number of aromatic nitrogens is 3. The van der Waals surface area contributed by atoms with Gasteiger partial charge in [0.15, 0.2) is 5.65 Å². The third-order valence-electron chi connectivity index (χ3n) is 6.63. The number of amides is 1. The smallest absolute Gasteiger partial charge is 0.410 e. The molecule has 1 aliphatic heterocycles. The van der Waals surface area contributed by atoms with E-state index in [1.165, 1.54) is 5.56 Å². The maximum atomic E-state index is 12.3. The summed E-state index contributed by atoms with van der Waals surface area (Å²) in [6.45, 7) is 15.2. The van der Waals surface area contributed by atoms with Gasteiger partial charge in [-0.25, -0.2) is 9.78 Å². The highest BCUT2D eigenvalue weighted by atomic mass is 16.6. The standard InChI is InChI=1S/C29H42N6O3/c1-21(2)24-19-30-35-26(34-13-15-37-16-14-34)18-25(31-27(24)35)23-10-8-9-22(17-23)20-32(6)11-12-33(7)28(36)38-29(3,4)5/h8-10,17-19,21H,11-16,20H2,1-7H3. The Morgan fingerprint density at radius 1 is 1.13 bits per heavy atom. The van der Waals surface area contributed by atoms with Crippen LogP contribution in [0.15, 0.2) is 36.5 Å². The molecule has 0 spiro atoms. The third kappa shape index (κ3) is 6.82. The molecule has 0 N–H and O–H groups in total. The Balaban J connectivity index is 1.53. The summed E-state index contributed by atoms with van der Waals surface area (Å²) in [6, 6.07) is 10.7. The van der Waals surface area contributed by atoms with Crippen LogP contribution in [0.2, 0.25) is 0 Å². The second-order valence-electron chi connectivity index (χ2n) is 11.4. The summed E-state index contributed by atoms with van der Waals surface area (Å²) in [5.41, 5.74) is 4.77. The van der Waals surface area contributed by atoms with E-state index in [9.17, 15) is 4.79 Å². The van der Waals surface area contributed by atoms with Crippen LogP contribution in [0.25, 0.3) is 16.9 Å². The van der Waals surface area contributed by atoms with Crippen LogP contribution in [0.1, 0.15) is 51.7 Å². The average Bonchev–Trinajstić information content (AvgIpc) is 3.31. The minimum absolute atomic E-state index is 0.300. The van der Waals surface area contributed by atoms with Gasteiger partial charge < -0.3 is 24.2 Å². The zero-order valence-electron chi connectivity index (χ0n) is 23.9. The first-order chi connectivity index (χ1) is 18.0. The Hall–Kier alpha value is -3.17. The van der Waals surface area contributed by atoms with Gasteiger partial charge in [0.25, 0.3) is 0 Å². The number of ether oxygens (including phenoxy) is 2. The molecular weight excluding hydrogens is 480 g/mol. The molecule has 1 saturated heterocycles. The molecule has 0 radical (unpaired) electrons. The molecule has 9 nitrogen and oxygen atoms in total. The summed E-state index contributed by atoms with van der Waals surface area (Å²) in [4.78, 5) is 23.5. The van der Waals surface area contributed by atoms with Crippen molar-refractivity contribution in [3.8, 4) is 11.3 Å². The minimum Gasteiger partial charge on any atom is -0.444 e. The van der Waals surface area contributed by atoms with E-state index in [2.05, 4.69) is 61.0 Å². The van der Waals surface area contributed by atoms with E-state index in [-0.39, 0.29) is 6.09 Å². The third-order valence-corrected chi connectivity index (χ3v) is 6.63. The van der Waals surface area contributed by atoms with Gasteiger partial charge in [0.1, 0.15) is 11.4 Å². The first-order valence-corrected chi connectivity index (χ1v) is 13.4. The Kier molecular flexibility index (Phi) is 8.57. The molecule has 1 aromatic carbocycles. The monoisotopic (exact) mass is 522 g/mol. The molecule has 206 valence electrons. The molecule has 2 aromatic heterocycles. The predicted octanol–water partition coefficient (Wildman–Crippen LogP) is 4.66. The molecular formula is C29H42N6O3. The molecule has 4 rings (SSSR count). The molecule has 0 bridgehead atoms. The van der Waals surface area contributed by atoms with E-state index in [1.807, 2.05) is 31.5 Å². The van der Waals surface area contributed by atoms with E-state index in [0.717, 1.165) is 54.5 Å². The van der Waals surface area contributed by atoms with Gasteiger partial charge in [-0.05, 0) is 45.4 Å². The number of anilines is 1. The topological polar surface area (TPSA) is 75.4 Å². The summed E-state index contributed by atoms with van der Waals surface area (Å²) in [6.07, 6.45) is 1.64. The largest absolute Gasteiger partial charge is 0.444 e. The van der Waals surface area contributed by atoms with Gasteiger partial charge in [-0.2, -0.15) is 9.61 Å². The average molecular weight is 523 g/mol. The van der Waals surface area contributed by atoms with E-state index < -0.39 is 5.60 Å². The molecule has 1 aliphatic rings. The summed E-state index contributed by atoms with van der Waals surface area (Å²) < 4.78 is 13.0. The number of morpholine rings is 1. The number of nitrogens with zero attached hydrogens (tertiary/aromatic N) is 6. The molecule has 1 amide bonds. The first kappa shape index (κ1) is 27.9. The van der Waals surface area contributed by atoms with Crippen molar-refractivity contribution in [2.75, 3.05) is 58.4 Å². The molecule has 0 unspecified atom stereocenters. The normalized spacial score (nSPS) is 14.5. The Bertz CT molecular complexity index is 1240. The fourth-order valence-corrected chi connectivity index (χ4v) is 4.51. The van der Waals surface area contributed by atoms with Crippen molar-refractivity contribution in [1.29, 1.82) is 0 Å². The molecule has 3 heterocycles. The molecule has 0 aliphatic carbocycles. The van der Waals surface area contributed by atoms with Crippen LogP contribution in [-0.2, 0) is 16.0 Å². The quantitative estimate of drug-likeness (QED) is 0.426. The van der Waals surface area contributed by atoms with Crippen molar-refractivity contribution in [2.45, 2.75) is 52.7 Å².